The summed E-state index contributed by atoms with van der Waals surface area (Å²) in [5, 5.41) is 14.0. The van der Waals surface area contributed by atoms with Crippen LogP contribution in [0.1, 0.15) is 28.9 Å². The lowest BCUT2D eigenvalue weighted by atomic mass is 10.1. The van der Waals surface area contributed by atoms with Crippen molar-refractivity contribution < 1.29 is 19.4 Å². The van der Waals surface area contributed by atoms with E-state index < -0.39 is 23.5 Å². The molecule has 1 atom stereocenters. The first-order valence-corrected chi connectivity index (χ1v) is 11.5. The Morgan fingerprint density at radius 2 is 2.00 bits per heavy atom. The summed E-state index contributed by atoms with van der Waals surface area (Å²) in [6.07, 6.45) is 0. The molecule has 0 fully saturated rings. The molecule has 0 bridgehead atoms. The number of halogens is 1. The minimum atomic E-state index is -1.23. The van der Waals surface area contributed by atoms with Crippen LogP contribution in [0.3, 0.4) is 0 Å². The van der Waals surface area contributed by atoms with E-state index in [9.17, 15) is 19.5 Å². The summed E-state index contributed by atoms with van der Waals surface area (Å²) in [5.74, 6) is -0.996. The number of hydrogen-bond donors (Lipinski definition) is 2. The Morgan fingerprint density at radius 3 is 2.65 bits per heavy atom. The largest absolute Gasteiger partial charge is 0.495 e. The quantitative estimate of drug-likeness (QED) is 0.388. The molecule has 4 aromatic rings. The lowest BCUT2D eigenvalue weighted by Crippen LogP contribution is -2.33. The Kier molecular flexibility index (Phi) is 6.41. The van der Waals surface area contributed by atoms with Gasteiger partial charge in [0.25, 0.3) is 5.56 Å². The minimum absolute atomic E-state index is 0.0268. The summed E-state index contributed by atoms with van der Waals surface area (Å²) >= 11 is 7.23. The lowest BCUT2D eigenvalue weighted by Gasteiger charge is -2.20. The van der Waals surface area contributed by atoms with Gasteiger partial charge in [-0.15, -0.1) is 11.3 Å². The van der Waals surface area contributed by atoms with Crippen LogP contribution in [0.5, 0.6) is 5.75 Å². The van der Waals surface area contributed by atoms with Crippen molar-refractivity contribution in [3.05, 3.63) is 74.3 Å². The molecule has 4 rings (SSSR count). The highest BCUT2D eigenvalue weighted by Gasteiger charge is 2.26. The van der Waals surface area contributed by atoms with Crippen LogP contribution in [-0.2, 0) is 4.79 Å². The number of fused-ring (bicyclic) bond motifs is 1. The molecule has 0 aliphatic carbocycles. The monoisotopic (exact) mass is 497 g/mol. The number of aromatic nitrogens is 2. The molecule has 0 spiro atoms. The lowest BCUT2D eigenvalue weighted by molar-refractivity contribution is -0.118. The van der Waals surface area contributed by atoms with Crippen LogP contribution >= 0.6 is 22.9 Å². The summed E-state index contributed by atoms with van der Waals surface area (Å²) in [6, 6.07) is 11.1. The van der Waals surface area contributed by atoms with E-state index in [4.69, 9.17) is 16.3 Å². The van der Waals surface area contributed by atoms with E-state index in [1.54, 1.807) is 25.1 Å². The first kappa shape index (κ1) is 23.5. The van der Waals surface area contributed by atoms with Gasteiger partial charge in [0.05, 0.1) is 23.1 Å². The maximum Gasteiger partial charge on any atom is 0.337 e. The molecule has 34 heavy (non-hydrogen) atoms. The van der Waals surface area contributed by atoms with Gasteiger partial charge in [-0.3, -0.25) is 14.2 Å². The van der Waals surface area contributed by atoms with E-state index >= 15 is 0 Å². The number of anilines is 1. The number of amides is 1. The van der Waals surface area contributed by atoms with Crippen molar-refractivity contribution in [1.82, 2.24) is 9.55 Å². The fourth-order valence-electron chi connectivity index (χ4n) is 3.62. The minimum Gasteiger partial charge on any atom is -0.495 e. The van der Waals surface area contributed by atoms with Crippen molar-refractivity contribution in [3.8, 4) is 17.1 Å². The number of rotatable bonds is 6. The van der Waals surface area contributed by atoms with Crippen molar-refractivity contribution in [2.45, 2.75) is 19.9 Å². The van der Waals surface area contributed by atoms with Gasteiger partial charge in [-0.25, -0.2) is 9.78 Å². The third-order valence-corrected chi connectivity index (χ3v) is 6.50. The highest BCUT2D eigenvalue weighted by atomic mass is 35.5. The highest BCUT2D eigenvalue weighted by molar-refractivity contribution is 7.17. The van der Waals surface area contributed by atoms with E-state index in [0.717, 1.165) is 16.9 Å². The van der Waals surface area contributed by atoms with Gasteiger partial charge in [-0.2, -0.15) is 0 Å². The molecule has 2 aromatic carbocycles. The highest BCUT2D eigenvalue weighted by Crippen LogP contribution is 2.30. The van der Waals surface area contributed by atoms with Gasteiger partial charge in [-0.05, 0) is 38.1 Å². The summed E-state index contributed by atoms with van der Waals surface area (Å²) in [7, 11) is 1.49. The zero-order valence-electron chi connectivity index (χ0n) is 18.5. The molecule has 2 N–H and O–H groups in total. The number of carbonyl (C=O) groups excluding carboxylic acids is 1. The molecule has 0 radical (unpaired) electrons. The Bertz CT molecular complexity index is 1490. The van der Waals surface area contributed by atoms with Crippen LogP contribution in [0.2, 0.25) is 5.02 Å². The molecule has 1 amide bonds. The predicted molar refractivity (Wildman–Crippen MR) is 132 cm³/mol. The average Bonchev–Trinajstić information content (AvgIpc) is 3.23. The summed E-state index contributed by atoms with van der Waals surface area (Å²) in [5.41, 5.74) is 1.26. The standard InChI is InChI=1S/C24H20ClN3O5S/c1-12-5-4-6-14(9-12)20-27-22-19(16(11-34-22)24(31)32)23(30)28(20)13(2)21(29)26-15-7-8-18(33-3)17(25)10-15/h4-11,13H,1-3H3,(H,26,29)(H,31,32). The Hall–Kier alpha value is -3.69. The van der Waals surface area contributed by atoms with Gasteiger partial charge in [0.1, 0.15) is 22.4 Å². The molecule has 174 valence electrons. The molecule has 0 aliphatic rings. The van der Waals surface area contributed by atoms with Gasteiger partial charge >= 0.3 is 5.97 Å². The second kappa shape index (κ2) is 9.28. The zero-order chi connectivity index (χ0) is 24.6. The third kappa shape index (κ3) is 4.27. The van der Waals surface area contributed by atoms with E-state index in [2.05, 4.69) is 10.3 Å². The number of carboxylic acids is 1. The van der Waals surface area contributed by atoms with Crippen molar-refractivity contribution >= 4 is 50.7 Å². The van der Waals surface area contributed by atoms with E-state index in [1.807, 2.05) is 25.1 Å². The number of carbonyl (C=O) groups is 2. The fourth-order valence-corrected chi connectivity index (χ4v) is 4.78. The normalized spacial score (nSPS) is 11.9. The Morgan fingerprint density at radius 1 is 1.24 bits per heavy atom. The third-order valence-electron chi connectivity index (χ3n) is 5.33. The number of methoxy groups -OCH3 is 1. The van der Waals surface area contributed by atoms with Gasteiger partial charge < -0.3 is 15.2 Å². The number of aromatic carboxylic acids is 1. The number of nitrogens with one attached hydrogen (secondary N) is 1. The van der Waals surface area contributed by atoms with Gasteiger partial charge in [0, 0.05) is 16.6 Å². The van der Waals surface area contributed by atoms with Gasteiger partial charge in [0.2, 0.25) is 5.91 Å². The van der Waals surface area contributed by atoms with Crippen LogP contribution < -0.4 is 15.6 Å². The molecule has 10 heteroatoms. The number of carboxylic acid groups (broad SMARTS) is 1. The summed E-state index contributed by atoms with van der Waals surface area (Å²) in [4.78, 5) is 43.4. The average molecular weight is 498 g/mol. The number of aryl methyl sites for hydroxylation is 1. The van der Waals surface area contributed by atoms with E-state index in [1.165, 1.54) is 23.1 Å². The number of hydrogen-bond acceptors (Lipinski definition) is 6. The molecule has 2 aromatic heterocycles. The van der Waals surface area contributed by atoms with Gasteiger partial charge in [0.15, 0.2) is 0 Å². The zero-order valence-corrected chi connectivity index (χ0v) is 20.0. The SMILES string of the molecule is COc1ccc(NC(=O)C(C)n2c(-c3cccc(C)c3)nc3scc(C(=O)O)c3c2=O)cc1Cl. The number of thiophene rings is 1. The molecule has 1 unspecified atom stereocenters. The van der Waals surface area contributed by atoms with Crippen LogP contribution in [0, 0.1) is 6.92 Å². The topological polar surface area (TPSA) is 111 Å². The van der Waals surface area contributed by atoms with Crippen LogP contribution in [0.4, 0.5) is 5.69 Å². The Labute approximate surface area is 203 Å². The molecule has 0 saturated heterocycles. The Balaban J connectivity index is 1.85. The van der Waals surface area contributed by atoms with Crippen molar-refractivity contribution in [2.24, 2.45) is 0 Å². The van der Waals surface area contributed by atoms with Crippen molar-refractivity contribution in [3.63, 3.8) is 0 Å². The first-order valence-electron chi connectivity index (χ1n) is 10.2. The maximum absolute atomic E-state index is 13.6. The maximum atomic E-state index is 13.6. The van der Waals surface area contributed by atoms with Gasteiger partial charge in [-0.1, -0.05) is 35.4 Å². The van der Waals surface area contributed by atoms with E-state index in [-0.39, 0.29) is 16.8 Å². The molecule has 0 aliphatic heterocycles. The van der Waals surface area contributed by atoms with Crippen LogP contribution in [0.25, 0.3) is 21.6 Å². The summed E-state index contributed by atoms with van der Waals surface area (Å²) in [6.45, 7) is 3.46. The molecule has 8 nitrogen and oxygen atoms in total. The molecule has 2 heterocycles. The van der Waals surface area contributed by atoms with Crippen molar-refractivity contribution in [1.29, 1.82) is 0 Å². The van der Waals surface area contributed by atoms with Crippen LogP contribution in [-0.4, -0.2) is 33.6 Å². The molecule has 0 saturated carbocycles. The number of nitrogens with zero attached hydrogens (tertiary/aromatic N) is 2. The van der Waals surface area contributed by atoms with E-state index in [0.29, 0.717) is 26.9 Å². The van der Waals surface area contributed by atoms with Crippen LogP contribution in [0.15, 0.2) is 52.6 Å². The fraction of sp³-hybridized carbons (Fsp3) is 0.167. The molecular formula is C24H20ClN3O5S. The second-order valence-corrected chi connectivity index (χ2v) is 8.89. The summed E-state index contributed by atoms with van der Waals surface area (Å²) < 4.78 is 6.36. The second-order valence-electron chi connectivity index (χ2n) is 7.63. The number of ether oxygens (including phenoxy) is 1. The first-order chi connectivity index (χ1) is 16.2. The smallest absolute Gasteiger partial charge is 0.337 e. The number of benzene rings is 2. The van der Waals surface area contributed by atoms with Crippen molar-refractivity contribution in [2.75, 3.05) is 12.4 Å². The molecular weight excluding hydrogens is 478 g/mol. The predicted octanol–water partition coefficient (Wildman–Crippen LogP) is 4.99.